The monoisotopic (exact) mass is 327 g/mol. The second-order valence-corrected chi connectivity index (χ2v) is 4.96. The number of benzene rings is 1. The molecule has 2 rings (SSSR count). The highest BCUT2D eigenvalue weighted by Crippen LogP contribution is 2.23. The van der Waals surface area contributed by atoms with Crippen LogP contribution in [0.1, 0.15) is 10.4 Å². The van der Waals surface area contributed by atoms with E-state index in [0.717, 1.165) is 0 Å². The molecule has 9 heteroatoms. The Morgan fingerprint density at radius 2 is 1.91 bits per heavy atom. The van der Waals surface area contributed by atoms with Gasteiger partial charge < -0.3 is 29.5 Å². The largest absolute Gasteiger partial charge is 0.459 e. The lowest BCUT2D eigenvalue weighted by molar-refractivity contribution is -0.294. The first-order chi connectivity index (χ1) is 11.0. The van der Waals surface area contributed by atoms with Crippen molar-refractivity contribution >= 4 is 11.7 Å². The first kappa shape index (κ1) is 17.4. The molecule has 1 aliphatic rings. The van der Waals surface area contributed by atoms with Gasteiger partial charge in [-0.3, -0.25) is 0 Å². The van der Waals surface area contributed by atoms with Crippen LogP contribution in [0.25, 0.3) is 0 Å². The summed E-state index contributed by atoms with van der Waals surface area (Å²) in [6.45, 7) is -0.406. The number of carbonyl (C=O) groups excluding carboxylic acids is 1. The van der Waals surface area contributed by atoms with Crippen LogP contribution in [-0.2, 0) is 14.2 Å². The minimum atomic E-state index is -1.51. The quantitative estimate of drug-likeness (QED) is 0.495. The molecule has 0 bridgehead atoms. The van der Waals surface area contributed by atoms with E-state index in [9.17, 15) is 25.0 Å². The highest BCUT2D eigenvalue weighted by atomic mass is 16.7. The molecular formula is C14H17NO8. The molecule has 0 aliphatic carbocycles. The van der Waals surface area contributed by atoms with Gasteiger partial charge in [0.25, 0.3) is 0 Å². The number of nitrogens with zero attached hydrogens (tertiary/aromatic N) is 1. The highest BCUT2D eigenvalue weighted by Gasteiger charge is 2.44. The molecule has 1 aromatic carbocycles. The molecule has 3 N–H and O–H groups in total. The summed E-state index contributed by atoms with van der Waals surface area (Å²) in [7, 11) is 1.26. The minimum Gasteiger partial charge on any atom is -0.459 e. The zero-order valence-corrected chi connectivity index (χ0v) is 12.2. The summed E-state index contributed by atoms with van der Waals surface area (Å²) in [5, 5.41) is 31.9. The number of hydrogen-bond acceptors (Lipinski definition) is 9. The Bertz CT molecular complexity index is 563. The maximum Gasteiger partial charge on any atom is 0.340 e. The fraction of sp³-hybridized carbons (Fsp3) is 0.500. The molecule has 1 aromatic rings. The molecule has 0 spiro atoms. The van der Waals surface area contributed by atoms with Crippen LogP contribution in [0.15, 0.2) is 29.4 Å². The van der Waals surface area contributed by atoms with E-state index in [1.807, 2.05) is 0 Å². The smallest absolute Gasteiger partial charge is 0.340 e. The van der Waals surface area contributed by atoms with Gasteiger partial charge in [0.2, 0.25) is 0 Å². The molecule has 0 radical (unpaired) electrons. The lowest BCUT2D eigenvalue weighted by Gasteiger charge is -2.39. The van der Waals surface area contributed by atoms with Gasteiger partial charge in [0, 0.05) is 7.11 Å². The standard InChI is InChI=1S/C14H17NO8/c1-21-14-12(18)11(17)10(16)9(23-14)6-22-13(19)7-4-2-3-5-8(7)15-20/h2-5,9-12,14,16-18H,6H2,1H3/t9-,10-,11+,12-,14+/m1/s1. The predicted molar refractivity (Wildman–Crippen MR) is 75.9 cm³/mol. The SMILES string of the molecule is CO[C@H]1O[C@H](COC(=O)c2ccccc2N=O)[C@@H](O)[C@H](O)[C@H]1O. The lowest BCUT2D eigenvalue weighted by atomic mass is 9.99. The second kappa shape index (κ2) is 7.57. The Labute approximate surface area is 131 Å². The van der Waals surface area contributed by atoms with Gasteiger partial charge in [-0.15, -0.1) is 4.91 Å². The first-order valence-corrected chi connectivity index (χ1v) is 6.81. The first-order valence-electron chi connectivity index (χ1n) is 6.81. The van der Waals surface area contributed by atoms with Crippen LogP contribution in [0.2, 0.25) is 0 Å². The molecule has 126 valence electrons. The van der Waals surface area contributed by atoms with Crippen LogP contribution in [0, 0.1) is 4.91 Å². The zero-order valence-electron chi connectivity index (χ0n) is 12.2. The van der Waals surface area contributed by atoms with E-state index in [1.54, 1.807) is 6.07 Å². The Morgan fingerprint density at radius 3 is 2.57 bits per heavy atom. The number of aliphatic hydroxyl groups is 3. The number of rotatable bonds is 5. The number of esters is 1. The summed E-state index contributed by atoms with van der Waals surface area (Å²) < 4.78 is 15.1. The van der Waals surface area contributed by atoms with Gasteiger partial charge >= 0.3 is 5.97 Å². The Morgan fingerprint density at radius 1 is 1.22 bits per heavy atom. The van der Waals surface area contributed by atoms with E-state index in [1.165, 1.54) is 25.3 Å². The predicted octanol–water partition coefficient (Wildman–Crippen LogP) is -0.305. The molecule has 1 saturated heterocycles. The highest BCUT2D eigenvalue weighted by molar-refractivity contribution is 5.94. The molecule has 9 nitrogen and oxygen atoms in total. The van der Waals surface area contributed by atoms with E-state index in [0.29, 0.717) is 0 Å². The third kappa shape index (κ3) is 3.71. The van der Waals surface area contributed by atoms with E-state index in [2.05, 4.69) is 5.18 Å². The molecule has 0 saturated carbocycles. The number of carbonyl (C=O) groups is 1. The number of methoxy groups -OCH3 is 1. The second-order valence-electron chi connectivity index (χ2n) is 4.96. The van der Waals surface area contributed by atoms with Crippen molar-refractivity contribution in [3.8, 4) is 0 Å². The van der Waals surface area contributed by atoms with Gasteiger partial charge in [-0.05, 0) is 17.3 Å². The van der Waals surface area contributed by atoms with Crippen molar-refractivity contribution in [1.82, 2.24) is 0 Å². The Kier molecular flexibility index (Phi) is 5.74. The zero-order chi connectivity index (χ0) is 17.0. The average Bonchev–Trinajstić information content (AvgIpc) is 2.58. The van der Waals surface area contributed by atoms with Crippen molar-refractivity contribution in [1.29, 1.82) is 0 Å². The van der Waals surface area contributed by atoms with Crippen LogP contribution in [0.4, 0.5) is 5.69 Å². The van der Waals surface area contributed by atoms with E-state index >= 15 is 0 Å². The molecule has 5 atom stereocenters. The summed E-state index contributed by atoms with van der Waals surface area (Å²) in [5.41, 5.74) is -0.107. The van der Waals surface area contributed by atoms with Crippen molar-refractivity contribution in [3.63, 3.8) is 0 Å². The van der Waals surface area contributed by atoms with E-state index < -0.39 is 43.3 Å². The molecule has 1 heterocycles. The van der Waals surface area contributed by atoms with Gasteiger partial charge in [0.1, 0.15) is 36.7 Å². The van der Waals surface area contributed by atoms with Crippen LogP contribution >= 0.6 is 0 Å². The lowest BCUT2D eigenvalue weighted by Crippen LogP contribution is -2.59. The third-order valence-electron chi connectivity index (χ3n) is 3.50. The minimum absolute atomic E-state index is 0.0309. The molecule has 0 aromatic heterocycles. The Balaban J connectivity index is 2.02. The Hall–Kier alpha value is -1.91. The average molecular weight is 327 g/mol. The van der Waals surface area contributed by atoms with Crippen LogP contribution in [0.5, 0.6) is 0 Å². The van der Waals surface area contributed by atoms with Gasteiger partial charge in [0.05, 0.1) is 5.56 Å². The van der Waals surface area contributed by atoms with Gasteiger partial charge in [0.15, 0.2) is 6.29 Å². The molecular weight excluding hydrogens is 310 g/mol. The molecule has 0 unspecified atom stereocenters. The van der Waals surface area contributed by atoms with Gasteiger partial charge in [-0.2, -0.15) is 0 Å². The maximum atomic E-state index is 12.0. The van der Waals surface area contributed by atoms with Gasteiger partial charge in [-0.1, -0.05) is 12.1 Å². The molecule has 0 amide bonds. The van der Waals surface area contributed by atoms with Crippen LogP contribution in [-0.4, -0.2) is 65.7 Å². The van der Waals surface area contributed by atoms with Crippen molar-refractivity contribution in [2.45, 2.75) is 30.7 Å². The van der Waals surface area contributed by atoms with Crippen molar-refractivity contribution in [3.05, 3.63) is 34.7 Å². The fourth-order valence-corrected chi connectivity index (χ4v) is 2.21. The maximum absolute atomic E-state index is 12.0. The van der Waals surface area contributed by atoms with E-state index in [4.69, 9.17) is 14.2 Å². The third-order valence-corrected chi connectivity index (χ3v) is 3.50. The number of aliphatic hydroxyl groups excluding tert-OH is 3. The normalized spacial score (nSPS) is 30.7. The summed E-state index contributed by atoms with van der Waals surface area (Å²) in [6, 6.07) is 5.81. The summed E-state index contributed by atoms with van der Waals surface area (Å²) in [4.78, 5) is 22.6. The van der Waals surface area contributed by atoms with Crippen LogP contribution in [0.3, 0.4) is 0 Å². The van der Waals surface area contributed by atoms with Crippen molar-refractivity contribution < 1.29 is 34.3 Å². The van der Waals surface area contributed by atoms with Crippen molar-refractivity contribution in [2.24, 2.45) is 5.18 Å². The summed E-state index contributed by atoms with van der Waals surface area (Å²) in [6.07, 6.45) is -6.67. The van der Waals surface area contributed by atoms with Crippen molar-refractivity contribution in [2.75, 3.05) is 13.7 Å². The summed E-state index contributed by atoms with van der Waals surface area (Å²) >= 11 is 0. The number of ether oxygens (including phenoxy) is 3. The summed E-state index contributed by atoms with van der Waals surface area (Å²) in [5.74, 6) is -0.828. The number of hydrogen-bond donors (Lipinski definition) is 3. The molecule has 1 aliphatic heterocycles. The van der Waals surface area contributed by atoms with E-state index in [-0.39, 0.29) is 11.3 Å². The number of nitroso groups, excluding NO2 is 1. The van der Waals surface area contributed by atoms with Crippen LogP contribution < -0.4 is 0 Å². The molecule has 23 heavy (non-hydrogen) atoms. The topological polar surface area (TPSA) is 135 Å². The fourth-order valence-electron chi connectivity index (χ4n) is 2.21. The molecule has 1 fully saturated rings. The van der Waals surface area contributed by atoms with Gasteiger partial charge in [-0.25, -0.2) is 4.79 Å².